The van der Waals surface area contributed by atoms with Crippen LogP contribution in [0.5, 0.6) is 0 Å². The fraction of sp³-hybridized carbons (Fsp3) is 0.700. The van der Waals surface area contributed by atoms with E-state index in [1.54, 1.807) is 0 Å². The number of hydrogen-bond donors (Lipinski definition) is 2. The van der Waals surface area contributed by atoms with E-state index in [2.05, 4.69) is 38.0 Å². The zero-order valence-corrected chi connectivity index (χ0v) is 17.2. The fourth-order valence-electron chi connectivity index (χ4n) is 3.87. The molecule has 28 heavy (non-hydrogen) atoms. The van der Waals surface area contributed by atoms with Gasteiger partial charge < -0.3 is 15.4 Å². The molecule has 0 aromatic rings. The van der Waals surface area contributed by atoms with Crippen molar-refractivity contribution in [1.82, 2.24) is 15.5 Å². The number of amides is 4. The lowest BCUT2D eigenvalue weighted by Crippen LogP contribution is -2.51. The number of nitrogens with one attached hydrogen (secondary N) is 2. The number of nitrogens with zero attached hydrogens (tertiary/aromatic N) is 1. The molecule has 1 heterocycles. The number of carbonyl (C=O) groups is 4. The minimum absolute atomic E-state index is 0.152. The third-order valence-electron chi connectivity index (χ3n) is 5.70. The van der Waals surface area contributed by atoms with Crippen molar-refractivity contribution in [2.24, 2.45) is 11.3 Å². The summed E-state index contributed by atoms with van der Waals surface area (Å²) in [6, 6.07) is -0.583. The van der Waals surface area contributed by atoms with Gasteiger partial charge in [0.25, 0.3) is 11.8 Å². The van der Waals surface area contributed by atoms with Crippen LogP contribution in [0, 0.1) is 11.3 Å². The van der Waals surface area contributed by atoms with E-state index in [1.807, 2.05) is 0 Å². The van der Waals surface area contributed by atoms with Gasteiger partial charge in [-0.25, -0.2) is 4.79 Å². The molecule has 8 nitrogen and oxygen atoms in total. The van der Waals surface area contributed by atoms with Gasteiger partial charge in [0.1, 0.15) is 12.1 Å². The summed E-state index contributed by atoms with van der Waals surface area (Å²) in [5, 5.41) is 5.31. The first-order valence-corrected chi connectivity index (χ1v) is 9.72. The molecule has 1 saturated heterocycles. The zero-order valence-electron chi connectivity index (χ0n) is 17.2. The summed E-state index contributed by atoms with van der Waals surface area (Å²) in [5.74, 6) is -1.17. The van der Waals surface area contributed by atoms with Crippen LogP contribution >= 0.6 is 0 Å². The monoisotopic (exact) mass is 393 g/mol. The first kappa shape index (κ1) is 21.9. The smallest absolute Gasteiger partial charge is 0.327 e. The predicted octanol–water partition coefficient (Wildman–Crippen LogP) is 1.75. The summed E-state index contributed by atoms with van der Waals surface area (Å²) in [6.07, 6.45) is 3.29. The van der Waals surface area contributed by atoms with Crippen molar-refractivity contribution in [2.45, 2.75) is 65.0 Å². The van der Waals surface area contributed by atoms with Gasteiger partial charge in [-0.1, -0.05) is 26.8 Å². The number of carbonyl (C=O) groups excluding carboxylic acids is 4. The van der Waals surface area contributed by atoms with Crippen LogP contribution in [0.4, 0.5) is 4.79 Å². The maximum Gasteiger partial charge on any atom is 0.327 e. The molecule has 0 bridgehead atoms. The average Bonchev–Trinajstić information content (AvgIpc) is 2.83. The van der Waals surface area contributed by atoms with Crippen LogP contribution in [0.1, 0.15) is 53.4 Å². The van der Waals surface area contributed by atoms with E-state index >= 15 is 0 Å². The minimum atomic E-state index is -1.02. The topological polar surface area (TPSA) is 105 Å². The standard InChI is InChI=1S/C20H31N3O5/c1-6-11-21-16(25)13(2)28-15(24)12-23-17(26)20(22-18(23)27)9-7-14(8-10-20)19(3,4)5/h6,13-14H,1,7-12H2,2-5H3,(H,21,25)(H,22,27). The minimum Gasteiger partial charge on any atom is -0.451 e. The molecule has 1 unspecified atom stereocenters. The van der Waals surface area contributed by atoms with Crippen molar-refractivity contribution in [3.05, 3.63) is 12.7 Å². The quantitative estimate of drug-likeness (QED) is 0.406. The van der Waals surface area contributed by atoms with Crippen molar-refractivity contribution in [3.8, 4) is 0 Å². The van der Waals surface area contributed by atoms with Gasteiger partial charge in [-0.15, -0.1) is 6.58 Å². The maximum atomic E-state index is 12.9. The van der Waals surface area contributed by atoms with Gasteiger partial charge in [-0.3, -0.25) is 19.3 Å². The number of imide groups is 1. The molecule has 2 fully saturated rings. The van der Waals surface area contributed by atoms with Gasteiger partial charge in [0.15, 0.2) is 6.10 Å². The number of hydrogen-bond acceptors (Lipinski definition) is 5. The normalized spacial score (nSPS) is 26.0. The lowest BCUT2D eigenvalue weighted by Gasteiger charge is -2.40. The van der Waals surface area contributed by atoms with Crippen molar-refractivity contribution >= 4 is 23.8 Å². The summed E-state index contributed by atoms with van der Waals surface area (Å²) < 4.78 is 5.05. The zero-order chi connectivity index (χ0) is 21.1. The molecular formula is C20H31N3O5. The van der Waals surface area contributed by atoms with Crippen molar-refractivity contribution < 1.29 is 23.9 Å². The Morgan fingerprint density at radius 1 is 1.36 bits per heavy atom. The highest BCUT2D eigenvalue weighted by molar-refractivity contribution is 6.08. The molecule has 0 radical (unpaired) electrons. The Balaban J connectivity index is 1.94. The predicted molar refractivity (Wildman–Crippen MR) is 103 cm³/mol. The van der Waals surface area contributed by atoms with Crippen LogP contribution in [0.15, 0.2) is 12.7 Å². The van der Waals surface area contributed by atoms with E-state index < -0.39 is 36.1 Å². The molecule has 8 heteroatoms. The number of ether oxygens (including phenoxy) is 1. The van der Waals surface area contributed by atoms with Gasteiger partial charge in [-0.2, -0.15) is 0 Å². The first-order chi connectivity index (χ1) is 13.0. The molecule has 1 atom stereocenters. The molecule has 1 saturated carbocycles. The van der Waals surface area contributed by atoms with Gasteiger partial charge in [0, 0.05) is 6.54 Å². The summed E-state index contributed by atoms with van der Waals surface area (Å²) in [4.78, 5) is 50.0. The number of rotatable bonds is 6. The van der Waals surface area contributed by atoms with Gasteiger partial charge >= 0.3 is 12.0 Å². The Morgan fingerprint density at radius 2 is 1.96 bits per heavy atom. The lowest BCUT2D eigenvalue weighted by molar-refractivity contribution is -0.156. The molecule has 1 spiro atoms. The van der Waals surface area contributed by atoms with Crippen LogP contribution in [-0.4, -0.2) is 53.4 Å². The van der Waals surface area contributed by atoms with E-state index in [0.717, 1.165) is 17.7 Å². The third-order valence-corrected chi connectivity index (χ3v) is 5.70. The van der Waals surface area contributed by atoms with Crippen LogP contribution in [-0.2, 0) is 19.1 Å². The fourth-order valence-corrected chi connectivity index (χ4v) is 3.87. The number of urea groups is 1. The van der Waals surface area contributed by atoms with E-state index in [1.165, 1.54) is 13.0 Å². The first-order valence-electron chi connectivity index (χ1n) is 9.72. The molecule has 2 N–H and O–H groups in total. The molecule has 2 rings (SSSR count). The van der Waals surface area contributed by atoms with Crippen LogP contribution in [0.2, 0.25) is 0 Å². The molecule has 1 aliphatic carbocycles. The Hall–Kier alpha value is -2.38. The average molecular weight is 393 g/mol. The second-order valence-corrected chi connectivity index (χ2v) is 8.71. The summed E-state index contributed by atoms with van der Waals surface area (Å²) in [6.45, 7) is 11.2. The largest absolute Gasteiger partial charge is 0.451 e. The second kappa shape index (κ2) is 8.32. The van der Waals surface area contributed by atoms with E-state index in [0.29, 0.717) is 18.8 Å². The highest BCUT2D eigenvalue weighted by atomic mass is 16.5. The second-order valence-electron chi connectivity index (χ2n) is 8.71. The third kappa shape index (κ3) is 4.72. The van der Waals surface area contributed by atoms with Crippen LogP contribution in [0.3, 0.4) is 0 Å². The molecular weight excluding hydrogens is 362 g/mol. The van der Waals surface area contributed by atoms with Crippen molar-refractivity contribution in [1.29, 1.82) is 0 Å². The summed E-state index contributed by atoms with van der Waals surface area (Å²) >= 11 is 0. The maximum absolute atomic E-state index is 12.9. The summed E-state index contributed by atoms with van der Waals surface area (Å²) in [7, 11) is 0. The van der Waals surface area contributed by atoms with E-state index in [4.69, 9.17) is 4.74 Å². The Labute approximate surface area is 166 Å². The van der Waals surface area contributed by atoms with Crippen LogP contribution < -0.4 is 10.6 Å². The van der Waals surface area contributed by atoms with Crippen LogP contribution in [0.25, 0.3) is 0 Å². The van der Waals surface area contributed by atoms with Gasteiger partial charge in [0.2, 0.25) is 0 Å². The Morgan fingerprint density at radius 3 is 2.50 bits per heavy atom. The molecule has 0 aromatic heterocycles. The van der Waals surface area contributed by atoms with Crippen molar-refractivity contribution in [3.63, 3.8) is 0 Å². The van der Waals surface area contributed by atoms with Gasteiger partial charge in [-0.05, 0) is 43.9 Å². The van der Waals surface area contributed by atoms with E-state index in [-0.39, 0.29) is 17.9 Å². The highest BCUT2D eigenvalue weighted by Gasteiger charge is 2.53. The molecule has 2 aliphatic rings. The summed E-state index contributed by atoms with van der Waals surface area (Å²) in [5.41, 5.74) is -0.773. The lowest BCUT2D eigenvalue weighted by atomic mass is 9.67. The SMILES string of the molecule is C=CCNC(=O)C(C)OC(=O)CN1C(=O)NC2(CCC(C(C)(C)C)CC2)C1=O. The Bertz CT molecular complexity index is 659. The number of esters is 1. The molecule has 1 aliphatic heterocycles. The van der Waals surface area contributed by atoms with Gasteiger partial charge in [0.05, 0.1) is 0 Å². The molecule has 0 aromatic carbocycles. The Kier molecular flexibility index (Phi) is 6.52. The molecule has 156 valence electrons. The molecule has 4 amide bonds. The van der Waals surface area contributed by atoms with Crippen molar-refractivity contribution in [2.75, 3.05) is 13.1 Å². The highest BCUT2D eigenvalue weighted by Crippen LogP contribution is 2.43. The van der Waals surface area contributed by atoms with E-state index in [9.17, 15) is 19.2 Å².